The standard InChI is InChI=1S/C18H27N3O5/c1-18(2,3)26-17(24)21(15(22)12-19)11-10-20(4)16(23)25-13-14-8-6-5-7-9-14/h5-9H,10-13,19H2,1-4H3. The van der Waals surface area contributed by atoms with Gasteiger partial charge in [0.05, 0.1) is 6.54 Å². The van der Waals surface area contributed by atoms with Gasteiger partial charge in [0.2, 0.25) is 5.91 Å². The van der Waals surface area contributed by atoms with E-state index >= 15 is 0 Å². The molecule has 144 valence electrons. The minimum Gasteiger partial charge on any atom is -0.445 e. The topological polar surface area (TPSA) is 102 Å². The minimum absolute atomic E-state index is 0.0398. The predicted octanol–water partition coefficient (Wildman–Crippen LogP) is 1.98. The summed E-state index contributed by atoms with van der Waals surface area (Å²) in [6.07, 6.45) is -1.35. The number of benzene rings is 1. The SMILES string of the molecule is CN(CCN(C(=O)CN)C(=O)OC(C)(C)C)C(=O)OCc1ccccc1. The van der Waals surface area contributed by atoms with Gasteiger partial charge in [0.15, 0.2) is 0 Å². The summed E-state index contributed by atoms with van der Waals surface area (Å²) in [6, 6.07) is 9.26. The lowest BCUT2D eigenvalue weighted by Crippen LogP contribution is -2.47. The molecule has 0 atom stereocenters. The lowest BCUT2D eigenvalue weighted by Gasteiger charge is -2.27. The molecule has 0 spiro atoms. The minimum atomic E-state index is -0.793. The van der Waals surface area contributed by atoms with E-state index in [0.29, 0.717) is 0 Å². The molecule has 0 aromatic heterocycles. The molecule has 0 heterocycles. The number of imide groups is 1. The smallest absolute Gasteiger partial charge is 0.417 e. The first-order valence-corrected chi connectivity index (χ1v) is 8.29. The van der Waals surface area contributed by atoms with Crippen LogP contribution in [0, 0.1) is 0 Å². The van der Waals surface area contributed by atoms with Gasteiger partial charge in [-0.3, -0.25) is 4.79 Å². The maximum absolute atomic E-state index is 12.1. The molecule has 0 radical (unpaired) electrons. The Kier molecular flexibility index (Phi) is 8.05. The van der Waals surface area contributed by atoms with Crippen molar-refractivity contribution >= 4 is 18.1 Å². The predicted molar refractivity (Wildman–Crippen MR) is 96.3 cm³/mol. The van der Waals surface area contributed by atoms with Crippen LogP contribution < -0.4 is 5.73 Å². The second kappa shape index (κ2) is 9.76. The summed E-state index contributed by atoms with van der Waals surface area (Å²) in [6.45, 7) is 4.96. The Bertz CT molecular complexity index is 613. The number of carbonyl (C=O) groups is 3. The van der Waals surface area contributed by atoms with E-state index in [1.54, 1.807) is 20.8 Å². The van der Waals surface area contributed by atoms with Gasteiger partial charge in [-0.25, -0.2) is 14.5 Å². The van der Waals surface area contributed by atoms with Crippen molar-refractivity contribution in [2.75, 3.05) is 26.7 Å². The summed E-state index contributed by atoms with van der Waals surface area (Å²) in [7, 11) is 1.52. The Morgan fingerprint density at radius 1 is 1.04 bits per heavy atom. The number of carbonyl (C=O) groups excluding carboxylic acids is 3. The van der Waals surface area contributed by atoms with Crippen LogP contribution in [0.1, 0.15) is 26.3 Å². The number of ether oxygens (including phenoxy) is 2. The zero-order valence-corrected chi connectivity index (χ0v) is 15.7. The van der Waals surface area contributed by atoms with Gasteiger partial charge < -0.3 is 20.1 Å². The van der Waals surface area contributed by atoms with Crippen LogP contribution in [0.5, 0.6) is 0 Å². The molecule has 1 rings (SSSR count). The van der Waals surface area contributed by atoms with Crippen LogP contribution in [-0.2, 0) is 20.9 Å². The van der Waals surface area contributed by atoms with Crippen molar-refractivity contribution in [1.29, 1.82) is 0 Å². The maximum Gasteiger partial charge on any atom is 0.417 e. The number of nitrogens with two attached hydrogens (primary N) is 1. The Balaban J connectivity index is 2.56. The summed E-state index contributed by atoms with van der Waals surface area (Å²) >= 11 is 0. The molecular formula is C18H27N3O5. The molecule has 0 unspecified atom stereocenters. The molecule has 0 saturated carbocycles. The first-order chi connectivity index (χ1) is 12.1. The van der Waals surface area contributed by atoms with E-state index in [1.807, 2.05) is 30.3 Å². The molecule has 8 nitrogen and oxygen atoms in total. The number of amides is 3. The fourth-order valence-corrected chi connectivity index (χ4v) is 1.92. The van der Waals surface area contributed by atoms with Gasteiger partial charge >= 0.3 is 12.2 Å². The van der Waals surface area contributed by atoms with Gasteiger partial charge in [0, 0.05) is 20.1 Å². The second-order valence-electron chi connectivity index (χ2n) is 6.69. The van der Waals surface area contributed by atoms with Gasteiger partial charge in [-0.15, -0.1) is 0 Å². The first-order valence-electron chi connectivity index (χ1n) is 8.29. The van der Waals surface area contributed by atoms with Gasteiger partial charge in [-0.05, 0) is 26.3 Å². The highest BCUT2D eigenvalue weighted by atomic mass is 16.6. The van der Waals surface area contributed by atoms with E-state index in [0.717, 1.165) is 10.5 Å². The van der Waals surface area contributed by atoms with Gasteiger partial charge in [-0.2, -0.15) is 0 Å². The van der Waals surface area contributed by atoms with E-state index < -0.39 is 23.7 Å². The molecule has 3 amide bonds. The fourth-order valence-electron chi connectivity index (χ4n) is 1.92. The average molecular weight is 365 g/mol. The molecule has 1 aromatic rings. The normalized spacial score (nSPS) is 10.8. The molecule has 8 heteroatoms. The molecule has 2 N–H and O–H groups in total. The lowest BCUT2D eigenvalue weighted by atomic mass is 10.2. The fraction of sp³-hybridized carbons (Fsp3) is 0.500. The summed E-state index contributed by atoms with van der Waals surface area (Å²) in [4.78, 5) is 38.2. The highest BCUT2D eigenvalue weighted by Gasteiger charge is 2.27. The lowest BCUT2D eigenvalue weighted by molar-refractivity contribution is -0.129. The summed E-state index contributed by atoms with van der Waals surface area (Å²) in [5.74, 6) is -0.578. The van der Waals surface area contributed by atoms with Crippen LogP contribution in [-0.4, -0.2) is 60.2 Å². The molecule has 0 fully saturated rings. The Hall–Kier alpha value is -2.61. The van der Waals surface area contributed by atoms with Crippen LogP contribution in [0.4, 0.5) is 9.59 Å². The van der Waals surface area contributed by atoms with E-state index in [4.69, 9.17) is 15.2 Å². The molecule has 0 bridgehead atoms. The summed E-state index contributed by atoms with van der Waals surface area (Å²) in [5, 5.41) is 0. The molecular weight excluding hydrogens is 338 g/mol. The Morgan fingerprint density at radius 2 is 1.65 bits per heavy atom. The van der Waals surface area contributed by atoms with Crippen LogP contribution in [0.3, 0.4) is 0 Å². The number of rotatable bonds is 6. The second-order valence-corrected chi connectivity index (χ2v) is 6.69. The van der Waals surface area contributed by atoms with Crippen LogP contribution in [0.2, 0.25) is 0 Å². The Labute approximate surface area is 153 Å². The number of nitrogens with zero attached hydrogens (tertiary/aromatic N) is 2. The number of likely N-dealkylation sites (N-methyl/N-ethyl adjacent to an activating group) is 1. The van der Waals surface area contributed by atoms with Crippen molar-refractivity contribution in [3.05, 3.63) is 35.9 Å². The monoisotopic (exact) mass is 365 g/mol. The molecule has 1 aromatic carbocycles. The van der Waals surface area contributed by atoms with Gasteiger partial charge in [0.25, 0.3) is 0 Å². The third kappa shape index (κ3) is 7.52. The summed E-state index contributed by atoms with van der Waals surface area (Å²) < 4.78 is 10.4. The zero-order chi connectivity index (χ0) is 19.7. The molecule has 26 heavy (non-hydrogen) atoms. The van der Waals surface area contributed by atoms with E-state index in [1.165, 1.54) is 11.9 Å². The third-order valence-electron chi connectivity index (χ3n) is 3.27. The molecule has 0 aliphatic carbocycles. The van der Waals surface area contributed by atoms with Crippen LogP contribution in [0.25, 0.3) is 0 Å². The van der Waals surface area contributed by atoms with Crippen molar-refractivity contribution in [3.8, 4) is 0 Å². The van der Waals surface area contributed by atoms with E-state index in [9.17, 15) is 14.4 Å². The molecule has 0 aliphatic rings. The Morgan fingerprint density at radius 3 is 2.19 bits per heavy atom. The summed E-state index contributed by atoms with van der Waals surface area (Å²) in [5.41, 5.74) is 5.47. The van der Waals surface area contributed by atoms with Gasteiger partial charge in [-0.1, -0.05) is 30.3 Å². The van der Waals surface area contributed by atoms with Crippen molar-refractivity contribution in [1.82, 2.24) is 9.80 Å². The van der Waals surface area contributed by atoms with Crippen molar-refractivity contribution in [2.45, 2.75) is 33.0 Å². The average Bonchev–Trinajstić information content (AvgIpc) is 2.58. The van der Waals surface area contributed by atoms with Crippen molar-refractivity contribution < 1.29 is 23.9 Å². The number of hydrogen-bond donors (Lipinski definition) is 1. The highest BCUT2D eigenvalue weighted by molar-refractivity contribution is 5.93. The zero-order valence-electron chi connectivity index (χ0n) is 15.7. The van der Waals surface area contributed by atoms with Crippen LogP contribution >= 0.6 is 0 Å². The van der Waals surface area contributed by atoms with Gasteiger partial charge in [0.1, 0.15) is 12.2 Å². The quantitative estimate of drug-likeness (QED) is 0.827. The molecule has 0 saturated heterocycles. The third-order valence-corrected chi connectivity index (χ3v) is 3.27. The van der Waals surface area contributed by atoms with Crippen LogP contribution in [0.15, 0.2) is 30.3 Å². The van der Waals surface area contributed by atoms with E-state index in [2.05, 4.69) is 0 Å². The molecule has 0 aliphatic heterocycles. The van der Waals surface area contributed by atoms with E-state index in [-0.39, 0.29) is 26.2 Å². The van der Waals surface area contributed by atoms with Crippen molar-refractivity contribution in [3.63, 3.8) is 0 Å². The van der Waals surface area contributed by atoms with Crippen molar-refractivity contribution in [2.24, 2.45) is 5.73 Å². The first kappa shape index (κ1) is 21.4. The maximum atomic E-state index is 12.1. The largest absolute Gasteiger partial charge is 0.445 e. The highest BCUT2D eigenvalue weighted by Crippen LogP contribution is 2.10. The number of hydrogen-bond acceptors (Lipinski definition) is 6.